The van der Waals surface area contributed by atoms with Gasteiger partial charge in [0, 0.05) is 42.1 Å². The van der Waals surface area contributed by atoms with E-state index in [1.54, 1.807) is 13.3 Å². The molecule has 1 aliphatic carbocycles. The fourth-order valence-corrected chi connectivity index (χ4v) is 6.54. The van der Waals surface area contributed by atoms with Crippen LogP contribution in [0.25, 0.3) is 10.9 Å². The third-order valence-corrected chi connectivity index (χ3v) is 8.74. The van der Waals surface area contributed by atoms with Crippen molar-refractivity contribution in [2.45, 2.75) is 56.3 Å². The Balaban J connectivity index is 1.35. The second-order valence-electron chi connectivity index (χ2n) is 9.51. The van der Waals surface area contributed by atoms with E-state index in [1.165, 1.54) is 19.3 Å². The zero-order valence-electron chi connectivity index (χ0n) is 19.5. The molecule has 180 valence electrons. The Morgan fingerprint density at radius 3 is 2.85 bits per heavy atom. The second-order valence-corrected chi connectivity index (χ2v) is 10.9. The number of aliphatic hydroxyl groups is 1. The van der Waals surface area contributed by atoms with Gasteiger partial charge in [0.15, 0.2) is 0 Å². The molecular weight excluding hydrogens is 436 g/mol. The van der Waals surface area contributed by atoms with Crippen molar-refractivity contribution in [3.8, 4) is 5.75 Å². The third-order valence-electron chi connectivity index (χ3n) is 7.38. The quantitative estimate of drug-likeness (QED) is 0.488. The molecule has 1 aromatic heterocycles. The highest BCUT2D eigenvalue weighted by molar-refractivity contribution is 7.99. The lowest BCUT2D eigenvalue weighted by atomic mass is 9.79. The number of aliphatic carboxylic acids is 1. The van der Waals surface area contributed by atoms with Crippen molar-refractivity contribution in [1.29, 1.82) is 0 Å². The van der Waals surface area contributed by atoms with Crippen molar-refractivity contribution in [2.75, 3.05) is 32.5 Å². The summed E-state index contributed by atoms with van der Waals surface area (Å²) in [7, 11) is 1.63. The van der Waals surface area contributed by atoms with Crippen LogP contribution in [0.4, 0.5) is 0 Å². The smallest absolute Gasteiger partial charge is 0.303 e. The van der Waals surface area contributed by atoms with Crippen molar-refractivity contribution in [1.82, 2.24) is 9.88 Å². The van der Waals surface area contributed by atoms with Crippen molar-refractivity contribution in [2.24, 2.45) is 11.8 Å². The molecule has 0 unspecified atom stereocenters. The third kappa shape index (κ3) is 6.40. The van der Waals surface area contributed by atoms with Gasteiger partial charge in [0.25, 0.3) is 0 Å². The first-order valence-electron chi connectivity index (χ1n) is 12.2. The topological polar surface area (TPSA) is 82.9 Å². The molecule has 1 saturated heterocycles. The highest BCUT2D eigenvalue weighted by Crippen LogP contribution is 2.35. The average Bonchev–Trinajstić information content (AvgIpc) is 2.78. The van der Waals surface area contributed by atoms with Crippen LogP contribution in [0.1, 0.15) is 56.6 Å². The lowest BCUT2D eigenvalue weighted by Crippen LogP contribution is -2.42. The molecule has 6 nitrogen and oxygen atoms in total. The maximum Gasteiger partial charge on any atom is 0.303 e. The fraction of sp³-hybridized carbons (Fsp3) is 0.615. The highest BCUT2D eigenvalue weighted by atomic mass is 32.2. The SMILES string of the molecule is COc1ccc2nccc([C@@H](O)CC[C@@H]3CCN(CCSC4CCC4)C[C@@H]3CC(=O)O)c2c1. The number of hydrogen-bond donors (Lipinski definition) is 2. The number of pyridine rings is 1. The van der Waals surface area contributed by atoms with Crippen molar-refractivity contribution >= 4 is 28.6 Å². The minimum absolute atomic E-state index is 0.145. The molecule has 1 saturated carbocycles. The number of carboxylic acid groups (broad SMARTS) is 1. The summed E-state index contributed by atoms with van der Waals surface area (Å²) in [6, 6.07) is 7.59. The predicted octanol–water partition coefficient (Wildman–Crippen LogP) is 4.76. The number of likely N-dealkylation sites (tertiary alicyclic amines) is 1. The summed E-state index contributed by atoms with van der Waals surface area (Å²) in [4.78, 5) is 18.4. The van der Waals surface area contributed by atoms with E-state index in [2.05, 4.69) is 21.6 Å². The van der Waals surface area contributed by atoms with Gasteiger partial charge in [-0.25, -0.2) is 0 Å². The van der Waals surface area contributed by atoms with Gasteiger partial charge in [0.1, 0.15) is 5.75 Å². The minimum Gasteiger partial charge on any atom is -0.497 e. The molecule has 0 radical (unpaired) electrons. The number of thioether (sulfide) groups is 1. The second kappa shape index (κ2) is 11.5. The van der Waals surface area contributed by atoms with Crippen LogP contribution in [-0.4, -0.2) is 63.8 Å². The summed E-state index contributed by atoms with van der Waals surface area (Å²) in [6.07, 6.45) is 7.88. The van der Waals surface area contributed by atoms with E-state index >= 15 is 0 Å². The summed E-state index contributed by atoms with van der Waals surface area (Å²) in [6.45, 7) is 2.93. The predicted molar refractivity (Wildman–Crippen MR) is 133 cm³/mol. The Kier molecular flexibility index (Phi) is 8.50. The number of piperidine rings is 1. The summed E-state index contributed by atoms with van der Waals surface area (Å²) in [5, 5.41) is 22.3. The summed E-state index contributed by atoms with van der Waals surface area (Å²) >= 11 is 2.08. The maximum absolute atomic E-state index is 11.5. The lowest BCUT2D eigenvalue weighted by Gasteiger charge is -2.39. The molecule has 3 atom stereocenters. The Bertz CT molecular complexity index is 936. The number of hydrogen-bond acceptors (Lipinski definition) is 6. The Hall–Kier alpha value is -1.83. The van der Waals surface area contributed by atoms with E-state index in [1.807, 2.05) is 24.3 Å². The molecule has 2 heterocycles. The molecule has 1 aromatic carbocycles. The van der Waals surface area contributed by atoms with E-state index in [-0.39, 0.29) is 12.3 Å². The van der Waals surface area contributed by atoms with Crippen LogP contribution in [0.15, 0.2) is 30.5 Å². The Labute approximate surface area is 200 Å². The van der Waals surface area contributed by atoms with Crippen LogP contribution < -0.4 is 4.74 Å². The van der Waals surface area contributed by atoms with Crippen LogP contribution in [0.2, 0.25) is 0 Å². The zero-order chi connectivity index (χ0) is 23.2. The van der Waals surface area contributed by atoms with E-state index in [4.69, 9.17) is 4.74 Å². The molecule has 2 aromatic rings. The van der Waals surface area contributed by atoms with Gasteiger partial charge >= 0.3 is 5.97 Å². The number of rotatable bonds is 11. The number of fused-ring (bicyclic) bond motifs is 1. The van der Waals surface area contributed by atoms with Gasteiger partial charge < -0.3 is 19.8 Å². The van der Waals surface area contributed by atoms with Gasteiger partial charge in [-0.1, -0.05) is 6.42 Å². The first-order chi connectivity index (χ1) is 16.0. The Morgan fingerprint density at radius 1 is 1.27 bits per heavy atom. The number of ether oxygens (including phenoxy) is 1. The van der Waals surface area contributed by atoms with Crippen LogP contribution in [0.3, 0.4) is 0 Å². The van der Waals surface area contributed by atoms with Crippen molar-refractivity contribution < 1.29 is 19.7 Å². The van der Waals surface area contributed by atoms with E-state index in [9.17, 15) is 15.0 Å². The molecule has 33 heavy (non-hydrogen) atoms. The molecule has 0 amide bonds. The molecule has 1 aliphatic heterocycles. The van der Waals surface area contributed by atoms with Gasteiger partial charge in [-0.05, 0) is 80.3 Å². The molecule has 7 heteroatoms. The molecular formula is C26H36N2O4S. The summed E-state index contributed by atoms with van der Waals surface area (Å²) in [5.74, 6) is 1.64. The highest BCUT2D eigenvalue weighted by Gasteiger charge is 2.31. The number of benzene rings is 1. The molecule has 4 rings (SSSR count). The lowest BCUT2D eigenvalue weighted by molar-refractivity contribution is -0.139. The largest absolute Gasteiger partial charge is 0.497 e. The van der Waals surface area contributed by atoms with E-state index in [0.29, 0.717) is 12.3 Å². The van der Waals surface area contributed by atoms with Gasteiger partial charge in [0.05, 0.1) is 18.7 Å². The number of carboxylic acids is 1. The first-order valence-corrected chi connectivity index (χ1v) is 13.2. The van der Waals surface area contributed by atoms with Crippen LogP contribution in [-0.2, 0) is 4.79 Å². The van der Waals surface area contributed by atoms with E-state index in [0.717, 1.165) is 65.7 Å². The minimum atomic E-state index is -0.719. The molecule has 2 fully saturated rings. The number of carbonyl (C=O) groups is 1. The van der Waals surface area contributed by atoms with Gasteiger partial charge in [-0.15, -0.1) is 0 Å². The monoisotopic (exact) mass is 472 g/mol. The fourth-order valence-electron chi connectivity index (χ4n) is 5.17. The van der Waals surface area contributed by atoms with Gasteiger partial charge in [0.2, 0.25) is 0 Å². The zero-order valence-corrected chi connectivity index (χ0v) is 20.3. The number of aliphatic hydroxyl groups excluding tert-OH is 1. The summed E-state index contributed by atoms with van der Waals surface area (Å²) in [5.41, 5.74) is 1.70. The van der Waals surface area contributed by atoms with Crippen LogP contribution >= 0.6 is 11.8 Å². The average molecular weight is 473 g/mol. The molecule has 0 spiro atoms. The van der Waals surface area contributed by atoms with Gasteiger partial charge in [-0.3, -0.25) is 9.78 Å². The molecule has 2 N–H and O–H groups in total. The van der Waals surface area contributed by atoms with Gasteiger partial charge in [-0.2, -0.15) is 11.8 Å². The number of aromatic nitrogens is 1. The molecule has 0 bridgehead atoms. The van der Waals surface area contributed by atoms with Crippen LogP contribution in [0.5, 0.6) is 5.75 Å². The Morgan fingerprint density at radius 2 is 2.12 bits per heavy atom. The molecule has 2 aliphatic rings. The summed E-state index contributed by atoms with van der Waals surface area (Å²) < 4.78 is 5.35. The van der Waals surface area contributed by atoms with E-state index < -0.39 is 12.1 Å². The van der Waals surface area contributed by atoms with Crippen molar-refractivity contribution in [3.05, 3.63) is 36.0 Å². The number of methoxy groups -OCH3 is 1. The first kappa shape index (κ1) is 24.3. The normalized spacial score (nSPS) is 22.7. The maximum atomic E-state index is 11.5. The number of nitrogens with zero attached hydrogens (tertiary/aromatic N) is 2. The van der Waals surface area contributed by atoms with Crippen LogP contribution in [0, 0.1) is 11.8 Å². The van der Waals surface area contributed by atoms with Crippen molar-refractivity contribution in [3.63, 3.8) is 0 Å². The standard InChI is InChI=1S/C26H36N2O4S/c1-32-20-6-7-24-23(16-20)22(9-11-27-24)25(29)8-5-18-10-12-28(17-19(18)15-26(30)31)13-14-33-21-3-2-4-21/h6-7,9,11,16,18-19,21,25,29H,2-5,8,10,12-15,17H2,1H3,(H,30,31)/t18-,19+,25+/m1/s1.